The van der Waals surface area contributed by atoms with E-state index in [-0.39, 0.29) is 5.57 Å². The lowest BCUT2D eigenvalue weighted by Crippen LogP contribution is -2.00. The van der Waals surface area contributed by atoms with Gasteiger partial charge in [0.25, 0.3) is 0 Å². The maximum atomic E-state index is 10.8. The standard InChI is InChI=1S/C15H16N6O2/c1-4-20-9-13(16-18-20)6-5-7-14-10-21(19-17-14)12(3)8-11(2)15(22)23/h4-6,8-10H,1,3,7H2,2H3,(H,22,23)/b6-5+,11-8+. The van der Waals surface area contributed by atoms with Crippen molar-refractivity contribution in [1.82, 2.24) is 30.0 Å². The minimum atomic E-state index is -0.998. The Kier molecular flexibility index (Phi) is 4.98. The summed E-state index contributed by atoms with van der Waals surface area (Å²) in [5.41, 5.74) is 2.04. The molecule has 0 aliphatic heterocycles. The first-order valence-electron chi connectivity index (χ1n) is 6.72. The molecule has 0 fully saturated rings. The van der Waals surface area contributed by atoms with Gasteiger partial charge in [-0.2, -0.15) is 0 Å². The second-order valence-electron chi connectivity index (χ2n) is 4.69. The molecule has 0 spiro atoms. The van der Waals surface area contributed by atoms with Crippen molar-refractivity contribution in [1.29, 1.82) is 0 Å². The number of hydrogen-bond acceptors (Lipinski definition) is 5. The van der Waals surface area contributed by atoms with E-state index in [1.165, 1.54) is 22.4 Å². The van der Waals surface area contributed by atoms with Gasteiger partial charge in [-0.15, -0.1) is 10.2 Å². The molecule has 0 bridgehead atoms. The van der Waals surface area contributed by atoms with Crippen LogP contribution in [0.25, 0.3) is 18.0 Å². The Morgan fingerprint density at radius 1 is 1.35 bits per heavy atom. The molecular formula is C15H16N6O2. The van der Waals surface area contributed by atoms with E-state index < -0.39 is 5.97 Å². The number of carboxylic acid groups (broad SMARTS) is 1. The van der Waals surface area contributed by atoms with Gasteiger partial charge in [-0.1, -0.05) is 29.7 Å². The quantitative estimate of drug-likeness (QED) is 0.617. The average molecular weight is 312 g/mol. The second kappa shape index (κ2) is 7.12. The molecule has 118 valence electrons. The van der Waals surface area contributed by atoms with Gasteiger partial charge < -0.3 is 5.11 Å². The number of aromatic nitrogens is 6. The summed E-state index contributed by atoms with van der Waals surface area (Å²) in [6, 6.07) is 0. The molecule has 8 nitrogen and oxygen atoms in total. The van der Waals surface area contributed by atoms with E-state index in [1.807, 2.05) is 12.2 Å². The highest BCUT2D eigenvalue weighted by molar-refractivity contribution is 5.88. The zero-order valence-corrected chi connectivity index (χ0v) is 12.6. The van der Waals surface area contributed by atoms with Crippen LogP contribution in [0.4, 0.5) is 0 Å². The van der Waals surface area contributed by atoms with Crippen LogP contribution in [0.15, 0.2) is 43.3 Å². The van der Waals surface area contributed by atoms with E-state index >= 15 is 0 Å². The lowest BCUT2D eigenvalue weighted by molar-refractivity contribution is -0.132. The number of carboxylic acids is 1. The van der Waals surface area contributed by atoms with Crippen molar-refractivity contribution in [2.45, 2.75) is 13.3 Å². The van der Waals surface area contributed by atoms with Crippen LogP contribution in [0.2, 0.25) is 0 Å². The number of allylic oxidation sites excluding steroid dienone is 3. The molecule has 0 radical (unpaired) electrons. The van der Waals surface area contributed by atoms with E-state index in [0.29, 0.717) is 17.8 Å². The Hall–Kier alpha value is -3.29. The van der Waals surface area contributed by atoms with Gasteiger partial charge in [-0.25, -0.2) is 14.2 Å². The monoisotopic (exact) mass is 312 g/mol. The molecule has 0 saturated heterocycles. The maximum absolute atomic E-state index is 10.8. The van der Waals surface area contributed by atoms with Crippen LogP contribution in [0.3, 0.4) is 0 Å². The lowest BCUT2D eigenvalue weighted by Gasteiger charge is -1.98. The Bertz CT molecular complexity index is 797. The minimum Gasteiger partial charge on any atom is -0.478 e. The van der Waals surface area contributed by atoms with Crippen molar-refractivity contribution in [3.63, 3.8) is 0 Å². The van der Waals surface area contributed by atoms with Crippen LogP contribution in [0.1, 0.15) is 18.3 Å². The summed E-state index contributed by atoms with van der Waals surface area (Å²) in [7, 11) is 0. The van der Waals surface area contributed by atoms with Crippen LogP contribution < -0.4 is 0 Å². The zero-order chi connectivity index (χ0) is 16.8. The normalized spacial score (nSPS) is 11.8. The van der Waals surface area contributed by atoms with Crippen LogP contribution >= 0.6 is 0 Å². The molecule has 0 unspecified atom stereocenters. The fraction of sp³-hybridized carbons (Fsp3) is 0.133. The maximum Gasteiger partial charge on any atom is 0.331 e. The van der Waals surface area contributed by atoms with Crippen LogP contribution in [0, 0.1) is 0 Å². The van der Waals surface area contributed by atoms with Crippen LogP contribution in [-0.4, -0.2) is 41.1 Å². The molecule has 1 N–H and O–H groups in total. The summed E-state index contributed by atoms with van der Waals surface area (Å²) < 4.78 is 2.95. The lowest BCUT2D eigenvalue weighted by atomic mass is 10.2. The van der Waals surface area contributed by atoms with Crippen LogP contribution in [-0.2, 0) is 11.2 Å². The number of hydrogen-bond donors (Lipinski definition) is 1. The van der Waals surface area contributed by atoms with Gasteiger partial charge in [-0.3, -0.25) is 0 Å². The summed E-state index contributed by atoms with van der Waals surface area (Å²) in [6.45, 7) is 8.85. The molecule has 0 aromatic carbocycles. The summed E-state index contributed by atoms with van der Waals surface area (Å²) >= 11 is 0. The third-order valence-electron chi connectivity index (χ3n) is 2.89. The SMILES string of the molecule is C=Cn1cc(/C=C/Cc2cn(C(=C)/C=C(\C)C(=O)O)nn2)nn1. The van der Waals surface area contributed by atoms with E-state index in [9.17, 15) is 4.79 Å². The topological polar surface area (TPSA) is 98.7 Å². The third kappa shape index (κ3) is 4.34. The second-order valence-corrected chi connectivity index (χ2v) is 4.69. The first kappa shape index (κ1) is 16.1. The Balaban J connectivity index is 1.99. The van der Waals surface area contributed by atoms with E-state index in [4.69, 9.17) is 5.11 Å². The summed E-state index contributed by atoms with van der Waals surface area (Å²) in [5.74, 6) is -0.998. The Labute approximate surface area is 132 Å². The van der Waals surface area contributed by atoms with Gasteiger partial charge >= 0.3 is 5.97 Å². The van der Waals surface area contributed by atoms with Crippen molar-refractivity contribution in [3.05, 3.63) is 54.7 Å². The first-order valence-corrected chi connectivity index (χ1v) is 6.72. The molecular weight excluding hydrogens is 296 g/mol. The first-order chi connectivity index (χ1) is 11.0. The number of carbonyl (C=O) groups is 1. The van der Waals surface area contributed by atoms with Gasteiger partial charge in [0.2, 0.25) is 0 Å². The highest BCUT2D eigenvalue weighted by atomic mass is 16.4. The van der Waals surface area contributed by atoms with Crippen molar-refractivity contribution >= 4 is 23.9 Å². The van der Waals surface area contributed by atoms with E-state index in [2.05, 4.69) is 33.8 Å². The highest BCUT2D eigenvalue weighted by Crippen LogP contribution is 2.08. The summed E-state index contributed by atoms with van der Waals surface area (Å²) in [5, 5.41) is 24.5. The van der Waals surface area contributed by atoms with Gasteiger partial charge in [0, 0.05) is 18.2 Å². The summed E-state index contributed by atoms with van der Waals surface area (Å²) in [4.78, 5) is 10.8. The molecule has 0 aliphatic carbocycles. The van der Waals surface area contributed by atoms with Crippen molar-refractivity contribution in [2.75, 3.05) is 0 Å². The van der Waals surface area contributed by atoms with Gasteiger partial charge in [0.05, 0.1) is 23.8 Å². The molecule has 0 saturated carbocycles. The molecule has 8 heteroatoms. The smallest absolute Gasteiger partial charge is 0.331 e. The predicted molar refractivity (Wildman–Crippen MR) is 85.9 cm³/mol. The fourth-order valence-corrected chi connectivity index (χ4v) is 1.67. The van der Waals surface area contributed by atoms with Crippen LogP contribution in [0.5, 0.6) is 0 Å². The number of nitrogens with zero attached hydrogens (tertiary/aromatic N) is 6. The van der Waals surface area contributed by atoms with Crippen molar-refractivity contribution in [2.24, 2.45) is 0 Å². The predicted octanol–water partition coefficient (Wildman–Crippen LogP) is 1.73. The average Bonchev–Trinajstić information content (AvgIpc) is 3.16. The third-order valence-corrected chi connectivity index (χ3v) is 2.89. The van der Waals surface area contributed by atoms with E-state index in [1.54, 1.807) is 18.6 Å². The molecule has 2 heterocycles. The molecule has 2 rings (SSSR count). The Morgan fingerprint density at radius 2 is 2.13 bits per heavy atom. The van der Waals surface area contributed by atoms with Crippen molar-refractivity contribution in [3.8, 4) is 0 Å². The van der Waals surface area contributed by atoms with E-state index in [0.717, 1.165) is 5.69 Å². The highest BCUT2D eigenvalue weighted by Gasteiger charge is 2.04. The van der Waals surface area contributed by atoms with Gasteiger partial charge in [0.1, 0.15) is 5.69 Å². The minimum absolute atomic E-state index is 0.178. The number of aliphatic carboxylic acids is 1. The summed E-state index contributed by atoms with van der Waals surface area (Å²) in [6.07, 6.45) is 10.7. The van der Waals surface area contributed by atoms with Gasteiger partial charge in [-0.05, 0) is 19.1 Å². The molecule has 2 aromatic heterocycles. The molecule has 23 heavy (non-hydrogen) atoms. The molecule has 2 aromatic rings. The molecule has 0 amide bonds. The molecule has 0 atom stereocenters. The molecule has 0 aliphatic rings. The zero-order valence-electron chi connectivity index (χ0n) is 12.6. The Morgan fingerprint density at radius 3 is 2.78 bits per heavy atom. The van der Waals surface area contributed by atoms with Gasteiger partial charge in [0.15, 0.2) is 0 Å². The largest absolute Gasteiger partial charge is 0.478 e. The van der Waals surface area contributed by atoms with Crippen molar-refractivity contribution < 1.29 is 9.90 Å². The number of rotatable bonds is 7. The fourth-order valence-electron chi connectivity index (χ4n) is 1.67.